The van der Waals surface area contributed by atoms with Crippen LogP contribution in [0.5, 0.6) is 17.2 Å². The molecule has 8 rings (SSSR count). The number of nitrogens with one attached hydrogen (secondary N) is 3. The van der Waals surface area contributed by atoms with Gasteiger partial charge in [0, 0.05) is 42.1 Å². The van der Waals surface area contributed by atoms with Gasteiger partial charge in [-0.1, -0.05) is 13.0 Å². The van der Waals surface area contributed by atoms with Crippen LogP contribution in [0, 0.1) is 0 Å². The van der Waals surface area contributed by atoms with Crippen LogP contribution in [0.25, 0.3) is 22.3 Å². The number of alkyl carbamates (subject to hydrolysis) is 1. The van der Waals surface area contributed by atoms with Crippen LogP contribution in [0.1, 0.15) is 47.6 Å². The van der Waals surface area contributed by atoms with Crippen molar-refractivity contribution in [2.45, 2.75) is 82.4 Å². The first kappa shape index (κ1) is 43.7. The van der Waals surface area contributed by atoms with Crippen LogP contribution in [0.15, 0.2) is 41.2 Å². The second kappa shape index (κ2) is 17.3. The highest BCUT2D eigenvalue weighted by Crippen LogP contribution is 2.43. The van der Waals surface area contributed by atoms with Crippen molar-refractivity contribution in [3.05, 3.63) is 74.6 Å². The number of aromatic nitrogens is 2. The summed E-state index contributed by atoms with van der Waals surface area (Å²) < 4.78 is 33.9. The average molecular weight is 891 g/mol. The lowest BCUT2D eigenvalue weighted by Gasteiger charge is -2.38. The lowest BCUT2D eigenvalue weighted by Crippen LogP contribution is -2.61. The van der Waals surface area contributed by atoms with E-state index in [1.807, 2.05) is 0 Å². The Morgan fingerprint density at radius 1 is 0.969 bits per heavy atom. The minimum absolute atomic E-state index is 0.0106. The highest BCUT2D eigenvalue weighted by molar-refractivity contribution is 5.93. The number of aliphatic hydroxyl groups is 4. The smallest absolute Gasteiger partial charge is 0.407 e. The van der Waals surface area contributed by atoms with E-state index in [0.717, 1.165) is 0 Å². The van der Waals surface area contributed by atoms with Crippen molar-refractivity contribution in [2.24, 2.45) is 5.73 Å². The van der Waals surface area contributed by atoms with Gasteiger partial charge in [0.05, 0.1) is 34.7 Å². The minimum Gasteiger partial charge on any atom is -0.479 e. The molecule has 3 amide bonds. The zero-order chi connectivity index (χ0) is 45.6. The third-order valence-corrected chi connectivity index (χ3v) is 11.3. The fourth-order valence-corrected chi connectivity index (χ4v) is 7.84. The van der Waals surface area contributed by atoms with Crippen LogP contribution in [0.2, 0.25) is 0 Å². The van der Waals surface area contributed by atoms with Crippen molar-refractivity contribution in [3.63, 3.8) is 0 Å². The molecule has 0 spiro atoms. The molecule has 1 fully saturated rings. The first-order valence-corrected chi connectivity index (χ1v) is 19.9. The van der Waals surface area contributed by atoms with Gasteiger partial charge in [-0.15, -0.1) is 0 Å². The molecule has 6 heterocycles. The highest BCUT2D eigenvalue weighted by Gasteiger charge is 2.49. The van der Waals surface area contributed by atoms with Crippen LogP contribution in [0.4, 0.5) is 10.5 Å². The van der Waals surface area contributed by atoms with Crippen molar-refractivity contribution in [1.29, 1.82) is 0 Å². The van der Waals surface area contributed by atoms with Crippen molar-refractivity contribution >= 4 is 46.4 Å². The number of hydrogen-bond donors (Lipinski definition) is 9. The number of carbonyl (C=O) groups is 5. The summed E-state index contributed by atoms with van der Waals surface area (Å²) in [7, 11) is 0. The number of pyridine rings is 2. The number of rotatable bonds is 13. The van der Waals surface area contributed by atoms with Gasteiger partial charge >= 0.3 is 18.0 Å². The molecular weight excluding hydrogens is 848 g/mol. The molecule has 4 aliphatic rings. The molecule has 0 aliphatic carbocycles. The van der Waals surface area contributed by atoms with Crippen molar-refractivity contribution in [2.75, 3.05) is 25.2 Å². The molecule has 0 bridgehead atoms. The molecule has 6 atom stereocenters. The summed E-state index contributed by atoms with van der Waals surface area (Å²) in [4.78, 5) is 81.4. The predicted molar refractivity (Wildman–Crippen MR) is 214 cm³/mol. The molecule has 10 N–H and O–H groups in total. The standard InChI is InChI=1S/C41H42N6O17/c1-2-41(58)22-9-25-31-20(13-47(25)36(53)21(22)15-59-39(41)56)19(18-8-27-28(62-16-61-27)10-23(18)46-31)11-43-30(49)12-44-40(57)60-14-17-3-4-26(24(7-17)45-29(48)5-6-42)63-38-34(52)32(50)33(51)35(64-38)37(54)55/h3-4,7-10,32-35,38,50-52,58H,2,5-6,11-16,42H2,1H3,(H,43,49)(H,44,57)(H,45,48)(H,54,55)/t32-,33-,34?,35?,38+,41-/m0/s1. The van der Waals surface area contributed by atoms with E-state index in [9.17, 15) is 54.3 Å². The van der Waals surface area contributed by atoms with Crippen molar-refractivity contribution < 1.29 is 77.9 Å². The number of aliphatic hydroxyl groups excluding tert-OH is 3. The second-order valence-corrected chi connectivity index (χ2v) is 15.2. The van der Waals surface area contributed by atoms with E-state index >= 15 is 0 Å². The third-order valence-electron chi connectivity index (χ3n) is 11.3. The number of anilines is 1. The topological polar surface area (TPSA) is 339 Å². The van der Waals surface area contributed by atoms with E-state index in [4.69, 9.17) is 39.1 Å². The van der Waals surface area contributed by atoms with E-state index in [1.165, 1.54) is 22.8 Å². The van der Waals surface area contributed by atoms with E-state index in [2.05, 4.69) is 16.0 Å². The van der Waals surface area contributed by atoms with Crippen molar-refractivity contribution in [3.8, 4) is 28.6 Å². The number of carboxylic acid groups (broad SMARTS) is 1. The number of hydrogen-bond acceptors (Lipinski definition) is 18. The van der Waals surface area contributed by atoms with E-state index in [1.54, 1.807) is 25.1 Å². The third kappa shape index (κ3) is 7.99. The largest absolute Gasteiger partial charge is 0.479 e. The Kier molecular flexibility index (Phi) is 11.9. The van der Waals surface area contributed by atoms with Crippen LogP contribution >= 0.6 is 0 Å². The molecule has 64 heavy (non-hydrogen) atoms. The van der Waals surface area contributed by atoms with E-state index in [0.29, 0.717) is 50.5 Å². The Labute approximate surface area is 360 Å². The summed E-state index contributed by atoms with van der Waals surface area (Å²) in [6.45, 7) is 0.309. The van der Waals surface area contributed by atoms with Gasteiger partial charge in [0.1, 0.15) is 43.8 Å². The van der Waals surface area contributed by atoms with Gasteiger partial charge in [-0.3, -0.25) is 14.4 Å². The predicted octanol–water partition coefficient (Wildman–Crippen LogP) is -1.09. The Balaban J connectivity index is 0.951. The Morgan fingerprint density at radius 3 is 2.47 bits per heavy atom. The lowest BCUT2D eigenvalue weighted by atomic mass is 9.86. The van der Waals surface area contributed by atoms with Gasteiger partial charge in [-0.2, -0.15) is 0 Å². The maximum absolute atomic E-state index is 13.8. The number of carboxylic acids is 1. The number of carbonyl (C=O) groups excluding carboxylic acids is 4. The number of ether oxygens (including phenoxy) is 6. The summed E-state index contributed by atoms with van der Waals surface area (Å²) in [5.74, 6) is -2.92. The molecule has 2 aromatic carbocycles. The second-order valence-electron chi connectivity index (χ2n) is 15.2. The lowest BCUT2D eigenvalue weighted by molar-refractivity contribution is -0.271. The summed E-state index contributed by atoms with van der Waals surface area (Å²) in [6, 6.07) is 9.01. The van der Waals surface area contributed by atoms with Crippen LogP contribution in [0.3, 0.4) is 0 Å². The zero-order valence-electron chi connectivity index (χ0n) is 33.8. The van der Waals surface area contributed by atoms with Crippen LogP contribution in [-0.4, -0.2) is 116 Å². The molecule has 2 aromatic heterocycles. The number of amides is 3. The Bertz CT molecular complexity index is 2650. The molecule has 1 saturated heterocycles. The molecule has 0 radical (unpaired) electrons. The molecule has 338 valence electrons. The Morgan fingerprint density at radius 2 is 1.73 bits per heavy atom. The Hall–Kier alpha value is -6.89. The monoisotopic (exact) mass is 890 g/mol. The number of esters is 1. The van der Waals surface area contributed by atoms with Crippen LogP contribution < -0.4 is 41.5 Å². The maximum atomic E-state index is 13.8. The van der Waals surface area contributed by atoms with Crippen LogP contribution in [-0.2, 0) is 65.3 Å². The molecule has 4 aromatic rings. The molecule has 23 heteroatoms. The van der Waals surface area contributed by atoms with E-state index < -0.39 is 78.3 Å². The molecule has 0 saturated carbocycles. The number of nitrogens with two attached hydrogens (primary N) is 1. The first-order chi connectivity index (χ1) is 30.6. The number of fused-ring (bicyclic) bond motifs is 6. The van der Waals surface area contributed by atoms with Gasteiger partial charge in [0.25, 0.3) is 5.56 Å². The first-order valence-electron chi connectivity index (χ1n) is 19.9. The minimum atomic E-state index is -2.03. The van der Waals surface area contributed by atoms with Crippen molar-refractivity contribution in [1.82, 2.24) is 20.2 Å². The van der Waals surface area contributed by atoms with Gasteiger partial charge in [-0.25, -0.2) is 19.4 Å². The fraction of sp³-hybridized carbons (Fsp3) is 0.390. The SMILES string of the molecule is CC[C@@]1(O)C(=O)OCc2c1cc1n(c2=O)Cc2c-1nc1cc3c(cc1c2CNC(=O)CNC(=O)OCc1ccc(O[C@@H]2OC(C(=O)O)[C@@H](O)[C@H](O)C2O)c(NC(=O)CCN)c1)OCO3. The molecule has 23 nitrogen and oxygen atoms in total. The average Bonchev–Trinajstić information content (AvgIpc) is 3.89. The van der Waals surface area contributed by atoms with Gasteiger partial charge < -0.3 is 80.2 Å². The van der Waals surface area contributed by atoms with Gasteiger partial charge in [-0.05, 0) is 41.8 Å². The van der Waals surface area contributed by atoms with E-state index in [-0.39, 0.29) is 75.0 Å². The zero-order valence-corrected chi connectivity index (χ0v) is 33.8. The number of aliphatic carboxylic acids is 1. The number of nitrogens with zero attached hydrogens (tertiary/aromatic N) is 2. The molecule has 2 unspecified atom stereocenters. The molecule has 4 aliphatic heterocycles. The summed E-state index contributed by atoms with van der Waals surface area (Å²) >= 11 is 0. The molecular formula is C41H42N6O17. The van der Waals surface area contributed by atoms with Gasteiger partial charge in [0.2, 0.25) is 24.9 Å². The maximum Gasteiger partial charge on any atom is 0.407 e. The highest BCUT2D eigenvalue weighted by atomic mass is 16.7. The number of cyclic esters (lactones) is 1. The number of benzene rings is 2. The van der Waals surface area contributed by atoms with Gasteiger partial charge in [0.15, 0.2) is 23.2 Å². The quantitative estimate of drug-likeness (QED) is 0.0634. The summed E-state index contributed by atoms with van der Waals surface area (Å²) in [5.41, 5.74) is 5.92. The summed E-state index contributed by atoms with van der Waals surface area (Å²) in [6.07, 6.45) is -10.7. The fourth-order valence-electron chi connectivity index (χ4n) is 7.84. The summed E-state index contributed by atoms with van der Waals surface area (Å²) in [5, 5.41) is 59.6. The normalized spacial score (nSPS) is 22.7.